The minimum atomic E-state index is -0.535. The van der Waals surface area contributed by atoms with Gasteiger partial charge in [-0.15, -0.1) is 0 Å². The van der Waals surface area contributed by atoms with Gasteiger partial charge < -0.3 is 45.9 Å². The fourth-order valence-electron chi connectivity index (χ4n) is 6.07. The number of hydrogen-bond acceptors (Lipinski definition) is 9. The van der Waals surface area contributed by atoms with Gasteiger partial charge in [-0.25, -0.2) is 4.79 Å². The first kappa shape index (κ1) is 35.1. The molecule has 0 aromatic heterocycles. The number of carbonyl (C=O) groups excluding carboxylic acids is 3. The number of ether oxygens (including phenoxy) is 3. The number of rotatable bonds is 10. The molecule has 4 amide bonds. The normalized spacial score (nSPS) is 17.1. The number of amides is 4. The lowest BCUT2D eigenvalue weighted by atomic mass is 9.98. The Hall–Kier alpha value is -5.79. The Morgan fingerprint density at radius 3 is 2.47 bits per heavy atom. The van der Waals surface area contributed by atoms with Crippen molar-refractivity contribution in [2.24, 2.45) is 5.92 Å². The first-order valence-corrected chi connectivity index (χ1v) is 16.7. The predicted molar refractivity (Wildman–Crippen MR) is 194 cm³/mol. The smallest absolute Gasteiger partial charge is 0.323 e. The lowest BCUT2D eigenvalue weighted by Crippen LogP contribution is -2.49. The second kappa shape index (κ2) is 15.4. The van der Waals surface area contributed by atoms with Crippen LogP contribution in [0.1, 0.15) is 40.1 Å². The van der Waals surface area contributed by atoms with Gasteiger partial charge in [-0.1, -0.05) is 37.3 Å². The van der Waals surface area contributed by atoms with Gasteiger partial charge in [0.05, 0.1) is 35.3 Å². The van der Waals surface area contributed by atoms with Gasteiger partial charge in [0, 0.05) is 42.9 Å². The van der Waals surface area contributed by atoms with Crippen LogP contribution in [0.5, 0.6) is 17.2 Å². The summed E-state index contributed by atoms with van der Waals surface area (Å²) in [5, 5.41) is 18.5. The number of anilines is 4. The summed E-state index contributed by atoms with van der Waals surface area (Å²) in [4.78, 5) is 43.7. The van der Waals surface area contributed by atoms with Crippen molar-refractivity contribution < 1.29 is 33.7 Å². The summed E-state index contributed by atoms with van der Waals surface area (Å²) < 4.78 is 17.4. The number of para-hydroxylation sites is 3. The highest BCUT2D eigenvalue weighted by Gasteiger charge is 2.34. The van der Waals surface area contributed by atoms with E-state index in [9.17, 15) is 19.5 Å². The quantitative estimate of drug-likeness (QED) is 0.139. The Kier molecular flexibility index (Phi) is 10.6. The van der Waals surface area contributed by atoms with Crippen LogP contribution in [0, 0.1) is 5.92 Å². The summed E-state index contributed by atoms with van der Waals surface area (Å²) in [6.45, 7) is 5.10. The third kappa shape index (κ3) is 8.17. The Balaban J connectivity index is 1.18. The third-order valence-corrected chi connectivity index (χ3v) is 8.94. The number of urea groups is 1. The van der Waals surface area contributed by atoms with E-state index in [-0.39, 0.29) is 42.4 Å². The van der Waals surface area contributed by atoms with E-state index in [0.29, 0.717) is 59.4 Å². The summed E-state index contributed by atoms with van der Waals surface area (Å²) in [7, 11) is 1.97. The molecular weight excluding hydrogens is 652 g/mol. The van der Waals surface area contributed by atoms with Gasteiger partial charge in [-0.3, -0.25) is 14.5 Å². The molecule has 0 saturated carbocycles. The SMILES string of the molecule is C[C@@H]1CN([C@@H](C)CO)C(=O)c2cccc(NC(=O)Nc3ccc4c(c3)OCO4)c2O[C@@H]1CN(C)Cc1ccc(C(=O)Nc2ccccc2N)cc1. The Bertz CT molecular complexity index is 1900. The number of likely N-dealkylation sites (N-methyl/N-ethyl adjacent to an activating group) is 1. The van der Waals surface area contributed by atoms with Gasteiger partial charge >= 0.3 is 6.03 Å². The van der Waals surface area contributed by atoms with Crippen molar-refractivity contribution in [2.45, 2.75) is 32.5 Å². The van der Waals surface area contributed by atoms with Crippen LogP contribution in [-0.2, 0) is 6.54 Å². The Labute approximate surface area is 296 Å². The molecule has 3 atom stereocenters. The Morgan fingerprint density at radius 2 is 1.71 bits per heavy atom. The number of fused-ring (bicyclic) bond motifs is 2. The molecule has 0 unspecified atom stereocenters. The number of aliphatic hydroxyl groups is 1. The van der Waals surface area contributed by atoms with E-state index in [4.69, 9.17) is 19.9 Å². The van der Waals surface area contributed by atoms with Crippen molar-refractivity contribution in [1.29, 1.82) is 0 Å². The van der Waals surface area contributed by atoms with Crippen molar-refractivity contribution in [2.75, 3.05) is 55.2 Å². The van der Waals surface area contributed by atoms with E-state index < -0.39 is 18.2 Å². The van der Waals surface area contributed by atoms with Crippen LogP contribution in [0.4, 0.5) is 27.5 Å². The number of benzene rings is 4. The van der Waals surface area contributed by atoms with Crippen LogP contribution in [0.25, 0.3) is 0 Å². The molecule has 0 saturated heterocycles. The summed E-state index contributed by atoms with van der Waals surface area (Å²) in [5.41, 5.74) is 9.61. The van der Waals surface area contributed by atoms with E-state index in [2.05, 4.69) is 20.9 Å². The molecular formula is C38H42N6O7. The Morgan fingerprint density at radius 1 is 0.961 bits per heavy atom. The molecule has 13 heteroatoms. The summed E-state index contributed by atoms with van der Waals surface area (Å²) in [5.74, 6) is 0.667. The first-order valence-electron chi connectivity index (χ1n) is 16.7. The van der Waals surface area contributed by atoms with Crippen LogP contribution in [0.2, 0.25) is 0 Å². The van der Waals surface area contributed by atoms with Crippen molar-refractivity contribution in [1.82, 2.24) is 9.80 Å². The highest BCUT2D eigenvalue weighted by molar-refractivity contribution is 6.06. The fraction of sp³-hybridized carbons (Fsp3) is 0.289. The van der Waals surface area contributed by atoms with Crippen LogP contribution in [0.15, 0.2) is 84.9 Å². The summed E-state index contributed by atoms with van der Waals surface area (Å²) >= 11 is 0. The average molecular weight is 695 g/mol. The zero-order valence-corrected chi connectivity index (χ0v) is 28.7. The maximum atomic E-state index is 13.9. The van der Waals surface area contributed by atoms with Crippen molar-refractivity contribution in [3.8, 4) is 17.2 Å². The van der Waals surface area contributed by atoms with Crippen LogP contribution in [0.3, 0.4) is 0 Å². The van der Waals surface area contributed by atoms with E-state index in [1.165, 1.54) is 0 Å². The standard InChI is InChI=1S/C38H42N6O7/c1-23-18-44(24(2)21-45)37(47)28-7-6-10-31(42-38(48)40-27-15-16-32-33(17-27)50-22-49-32)35(28)51-34(23)20-43(3)19-25-11-13-26(14-12-25)36(46)41-30-9-5-4-8-29(30)39/h4-17,23-24,34,45H,18-22,39H2,1-3H3,(H,41,46)(H2,40,42,48)/t23-,24+,34-/m1/s1. The largest absolute Gasteiger partial charge is 0.486 e. The molecule has 266 valence electrons. The van der Waals surface area contributed by atoms with Gasteiger partial charge in [0.25, 0.3) is 11.8 Å². The van der Waals surface area contributed by atoms with Crippen molar-refractivity contribution >= 4 is 40.6 Å². The summed E-state index contributed by atoms with van der Waals surface area (Å²) in [6, 6.07) is 23.6. The molecule has 0 spiro atoms. The summed E-state index contributed by atoms with van der Waals surface area (Å²) in [6.07, 6.45) is -0.406. The van der Waals surface area contributed by atoms with Crippen molar-refractivity contribution in [3.63, 3.8) is 0 Å². The molecule has 0 radical (unpaired) electrons. The average Bonchev–Trinajstić information content (AvgIpc) is 3.59. The van der Waals surface area contributed by atoms with Crippen LogP contribution < -0.4 is 35.9 Å². The molecule has 2 heterocycles. The lowest BCUT2D eigenvalue weighted by Gasteiger charge is -2.38. The fourth-order valence-corrected chi connectivity index (χ4v) is 6.07. The van der Waals surface area contributed by atoms with E-state index in [1.807, 2.05) is 32.2 Å². The topological polar surface area (TPSA) is 168 Å². The molecule has 0 fully saturated rings. The van der Waals surface area contributed by atoms with Gasteiger partial charge in [-0.05, 0) is 68.1 Å². The minimum Gasteiger partial charge on any atom is -0.486 e. The van der Waals surface area contributed by atoms with Gasteiger partial charge in [0.15, 0.2) is 17.2 Å². The number of aliphatic hydroxyl groups excluding tert-OH is 1. The van der Waals surface area contributed by atoms with Gasteiger partial charge in [-0.2, -0.15) is 0 Å². The molecule has 4 aromatic rings. The zero-order chi connectivity index (χ0) is 36.1. The van der Waals surface area contributed by atoms with Crippen LogP contribution in [-0.4, -0.2) is 78.4 Å². The number of carbonyl (C=O) groups is 3. The number of nitrogens with zero attached hydrogens (tertiary/aromatic N) is 2. The lowest BCUT2D eigenvalue weighted by molar-refractivity contribution is 0.0343. The molecule has 4 aromatic carbocycles. The van der Waals surface area contributed by atoms with E-state index >= 15 is 0 Å². The third-order valence-electron chi connectivity index (χ3n) is 8.94. The van der Waals surface area contributed by atoms with Gasteiger partial charge in [0.1, 0.15) is 6.10 Å². The first-order chi connectivity index (χ1) is 24.6. The molecule has 2 aliphatic rings. The monoisotopic (exact) mass is 694 g/mol. The number of nitrogen functional groups attached to an aromatic ring is 1. The predicted octanol–water partition coefficient (Wildman–Crippen LogP) is 5.25. The maximum Gasteiger partial charge on any atom is 0.323 e. The number of nitrogens with two attached hydrogens (primary N) is 1. The molecule has 51 heavy (non-hydrogen) atoms. The minimum absolute atomic E-state index is 0.115. The second-order valence-corrected chi connectivity index (χ2v) is 12.9. The highest BCUT2D eigenvalue weighted by Crippen LogP contribution is 2.36. The second-order valence-electron chi connectivity index (χ2n) is 12.9. The van der Waals surface area contributed by atoms with Gasteiger partial charge in [0.2, 0.25) is 6.79 Å². The number of nitrogens with one attached hydrogen (secondary N) is 3. The van der Waals surface area contributed by atoms with Crippen LogP contribution >= 0.6 is 0 Å². The molecule has 6 rings (SSSR count). The molecule has 0 aliphatic carbocycles. The highest BCUT2D eigenvalue weighted by atomic mass is 16.7. The van der Waals surface area contributed by atoms with E-state index in [1.54, 1.807) is 78.6 Å². The van der Waals surface area contributed by atoms with E-state index in [0.717, 1.165) is 5.56 Å². The molecule has 2 aliphatic heterocycles. The molecule has 13 nitrogen and oxygen atoms in total. The molecule has 6 N–H and O–H groups in total. The maximum absolute atomic E-state index is 13.9. The molecule has 0 bridgehead atoms. The zero-order valence-electron chi connectivity index (χ0n) is 28.7. The number of hydrogen-bond donors (Lipinski definition) is 5. The van der Waals surface area contributed by atoms with Crippen molar-refractivity contribution in [3.05, 3.63) is 102 Å².